The van der Waals surface area contributed by atoms with E-state index in [0.29, 0.717) is 12.3 Å². The van der Waals surface area contributed by atoms with Gasteiger partial charge in [0.25, 0.3) is 0 Å². The van der Waals surface area contributed by atoms with E-state index in [4.69, 9.17) is 4.74 Å². The number of para-hydroxylation sites is 1. The van der Waals surface area contributed by atoms with Gasteiger partial charge in [0.2, 0.25) is 0 Å². The van der Waals surface area contributed by atoms with Gasteiger partial charge in [0.05, 0.1) is 0 Å². The maximum Gasteiger partial charge on any atom is 0.415 e. The molecule has 1 amide bonds. The second-order valence-corrected chi connectivity index (χ2v) is 5.60. The lowest BCUT2D eigenvalue weighted by Crippen LogP contribution is -2.40. The van der Waals surface area contributed by atoms with Crippen molar-refractivity contribution in [2.45, 2.75) is 38.3 Å². The Hall–Kier alpha value is -2.36. The van der Waals surface area contributed by atoms with Crippen LogP contribution < -0.4 is 4.74 Å². The lowest BCUT2D eigenvalue weighted by Gasteiger charge is -2.28. The molecule has 1 fully saturated rings. The van der Waals surface area contributed by atoms with Crippen LogP contribution in [0.5, 0.6) is 5.75 Å². The van der Waals surface area contributed by atoms with E-state index >= 15 is 0 Å². The molecule has 1 aliphatic carbocycles. The molecule has 4 heteroatoms. The summed E-state index contributed by atoms with van der Waals surface area (Å²) in [4.78, 5) is 18.5. The summed E-state index contributed by atoms with van der Waals surface area (Å²) >= 11 is 0. The van der Waals surface area contributed by atoms with Gasteiger partial charge in [-0.05, 0) is 42.7 Å². The molecule has 4 nitrogen and oxygen atoms in total. The molecule has 1 aliphatic rings. The molecule has 0 aliphatic heterocycles. The summed E-state index contributed by atoms with van der Waals surface area (Å²) in [5.74, 6) is 0.588. The molecule has 3 rings (SSSR count). The highest BCUT2D eigenvalue weighted by Gasteiger charge is 2.28. The van der Waals surface area contributed by atoms with Gasteiger partial charge in [-0.25, -0.2) is 4.79 Å². The number of rotatable bonds is 4. The van der Waals surface area contributed by atoms with Crippen LogP contribution >= 0.6 is 0 Å². The Kier molecular flexibility index (Phi) is 4.68. The summed E-state index contributed by atoms with van der Waals surface area (Å²) in [5, 5.41) is 0. The summed E-state index contributed by atoms with van der Waals surface area (Å²) in [6.07, 6.45) is 7.70. The van der Waals surface area contributed by atoms with Crippen LogP contribution in [0.3, 0.4) is 0 Å². The van der Waals surface area contributed by atoms with E-state index in [1.54, 1.807) is 24.5 Å². The first-order valence-corrected chi connectivity index (χ1v) is 7.75. The van der Waals surface area contributed by atoms with Gasteiger partial charge in [-0.1, -0.05) is 31.0 Å². The largest absolute Gasteiger partial charge is 0.415 e. The number of aromatic nitrogens is 1. The first-order chi connectivity index (χ1) is 10.8. The van der Waals surface area contributed by atoms with Crippen molar-refractivity contribution in [3.8, 4) is 5.75 Å². The third-order valence-corrected chi connectivity index (χ3v) is 4.05. The molecular weight excluding hydrogens is 276 g/mol. The zero-order chi connectivity index (χ0) is 15.2. The van der Waals surface area contributed by atoms with Crippen LogP contribution in [-0.2, 0) is 6.54 Å². The fourth-order valence-electron chi connectivity index (χ4n) is 2.89. The zero-order valence-corrected chi connectivity index (χ0v) is 12.5. The van der Waals surface area contributed by atoms with E-state index < -0.39 is 0 Å². The third kappa shape index (κ3) is 3.64. The van der Waals surface area contributed by atoms with Crippen molar-refractivity contribution in [2.24, 2.45) is 0 Å². The van der Waals surface area contributed by atoms with Gasteiger partial charge in [-0.15, -0.1) is 0 Å². The Morgan fingerprint density at radius 3 is 2.45 bits per heavy atom. The number of amides is 1. The van der Waals surface area contributed by atoms with Crippen LogP contribution in [0.2, 0.25) is 0 Å². The highest BCUT2D eigenvalue weighted by atomic mass is 16.6. The van der Waals surface area contributed by atoms with Gasteiger partial charge in [0.15, 0.2) is 0 Å². The van der Waals surface area contributed by atoms with E-state index in [2.05, 4.69) is 4.98 Å². The predicted molar refractivity (Wildman–Crippen MR) is 84.5 cm³/mol. The van der Waals surface area contributed by atoms with Crippen LogP contribution in [0.4, 0.5) is 4.79 Å². The average Bonchev–Trinajstić information content (AvgIpc) is 3.08. The molecule has 114 valence electrons. The van der Waals surface area contributed by atoms with E-state index in [0.717, 1.165) is 18.4 Å². The maximum atomic E-state index is 12.6. The van der Waals surface area contributed by atoms with Crippen LogP contribution in [0, 0.1) is 0 Å². The van der Waals surface area contributed by atoms with Crippen molar-refractivity contribution < 1.29 is 9.53 Å². The van der Waals surface area contributed by atoms with Crippen molar-refractivity contribution in [3.63, 3.8) is 0 Å². The quantitative estimate of drug-likeness (QED) is 0.855. The highest BCUT2D eigenvalue weighted by molar-refractivity contribution is 5.71. The summed E-state index contributed by atoms with van der Waals surface area (Å²) in [6, 6.07) is 13.4. The Balaban J connectivity index is 1.74. The minimum Gasteiger partial charge on any atom is -0.410 e. The number of hydrogen-bond acceptors (Lipinski definition) is 3. The monoisotopic (exact) mass is 296 g/mol. The lowest BCUT2D eigenvalue weighted by molar-refractivity contribution is 0.128. The first kappa shape index (κ1) is 14.6. The molecule has 1 heterocycles. The topological polar surface area (TPSA) is 42.4 Å². The van der Waals surface area contributed by atoms with Crippen molar-refractivity contribution >= 4 is 6.09 Å². The molecule has 0 bridgehead atoms. The lowest BCUT2D eigenvalue weighted by atomic mass is 10.2. The molecule has 1 aromatic carbocycles. The van der Waals surface area contributed by atoms with Gasteiger partial charge >= 0.3 is 6.09 Å². The van der Waals surface area contributed by atoms with Gasteiger partial charge in [-0.2, -0.15) is 0 Å². The van der Waals surface area contributed by atoms with Gasteiger partial charge in [0, 0.05) is 25.0 Å². The summed E-state index contributed by atoms with van der Waals surface area (Å²) in [6.45, 7) is 0.568. The third-order valence-electron chi connectivity index (χ3n) is 4.05. The Morgan fingerprint density at radius 2 is 1.77 bits per heavy atom. The Bertz CT molecular complexity index is 595. The highest BCUT2D eigenvalue weighted by Crippen LogP contribution is 2.26. The standard InChI is InChI=1S/C18H20N2O2/c21-18(22-17-8-2-1-3-9-17)20(16-6-4-5-7-16)14-15-10-12-19-13-11-15/h1-3,8-13,16H,4-7,14H2. The van der Waals surface area contributed by atoms with E-state index in [1.807, 2.05) is 35.2 Å². The van der Waals surface area contributed by atoms with Crippen LogP contribution in [0.25, 0.3) is 0 Å². The normalized spacial score (nSPS) is 14.7. The van der Waals surface area contributed by atoms with Crippen molar-refractivity contribution in [2.75, 3.05) is 0 Å². The molecule has 0 N–H and O–H groups in total. The molecule has 0 saturated heterocycles. The van der Waals surface area contributed by atoms with Gasteiger partial charge in [0.1, 0.15) is 5.75 Å². The summed E-state index contributed by atoms with van der Waals surface area (Å²) in [5.41, 5.74) is 1.08. The second kappa shape index (κ2) is 7.07. The minimum absolute atomic E-state index is 0.268. The molecule has 22 heavy (non-hydrogen) atoms. The predicted octanol–water partition coefficient (Wildman–Crippen LogP) is 4.03. The molecule has 0 radical (unpaired) electrons. The van der Waals surface area contributed by atoms with Crippen molar-refractivity contribution in [3.05, 3.63) is 60.4 Å². The Morgan fingerprint density at radius 1 is 1.09 bits per heavy atom. The number of nitrogens with zero attached hydrogens (tertiary/aromatic N) is 2. The van der Waals surface area contributed by atoms with E-state index in [-0.39, 0.29) is 12.1 Å². The van der Waals surface area contributed by atoms with Crippen molar-refractivity contribution in [1.29, 1.82) is 0 Å². The summed E-state index contributed by atoms with van der Waals surface area (Å²) < 4.78 is 5.53. The van der Waals surface area contributed by atoms with E-state index in [1.165, 1.54) is 12.8 Å². The fourth-order valence-corrected chi connectivity index (χ4v) is 2.89. The molecule has 2 aromatic rings. The number of carbonyl (C=O) groups is 1. The number of benzene rings is 1. The fraction of sp³-hybridized carbons (Fsp3) is 0.333. The minimum atomic E-state index is -0.269. The smallest absolute Gasteiger partial charge is 0.410 e. The summed E-state index contributed by atoms with van der Waals surface area (Å²) in [7, 11) is 0. The molecule has 0 spiro atoms. The SMILES string of the molecule is O=C(Oc1ccccc1)N(Cc1ccncc1)C1CCCC1. The van der Waals surface area contributed by atoms with Crippen LogP contribution in [-0.4, -0.2) is 22.0 Å². The first-order valence-electron chi connectivity index (χ1n) is 7.75. The molecule has 1 saturated carbocycles. The maximum absolute atomic E-state index is 12.6. The van der Waals surface area contributed by atoms with E-state index in [9.17, 15) is 4.79 Å². The van der Waals surface area contributed by atoms with Crippen LogP contribution in [0.15, 0.2) is 54.9 Å². The molecule has 0 unspecified atom stereocenters. The average molecular weight is 296 g/mol. The Labute approximate surface area is 130 Å². The number of ether oxygens (including phenoxy) is 1. The molecular formula is C18H20N2O2. The number of pyridine rings is 1. The molecule has 1 aromatic heterocycles. The number of hydrogen-bond donors (Lipinski definition) is 0. The van der Waals surface area contributed by atoms with Crippen molar-refractivity contribution in [1.82, 2.24) is 9.88 Å². The van der Waals surface area contributed by atoms with Gasteiger partial charge < -0.3 is 9.64 Å². The van der Waals surface area contributed by atoms with Crippen LogP contribution in [0.1, 0.15) is 31.2 Å². The second-order valence-electron chi connectivity index (χ2n) is 5.60. The van der Waals surface area contributed by atoms with Gasteiger partial charge in [-0.3, -0.25) is 4.98 Å². The molecule has 0 atom stereocenters. The zero-order valence-electron chi connectivity index (χ0n) is 12.5. The number of carbonyl (C=O) groups excluding carboxylic acids is 1.